The summed E-state index contributed by atoms with van der Waals surface area (Å²) in [5, 5.41) is 2.33. The third kappa shape index (κ3) is 2.78. The zero-order valence-corrected chi connectivity index (χ0v) is 11.5. The van der Waals surface area contributed by atoms with E-state index in [1.807, 2.05) is 0 Å². The molecule has 1 aromatic carbocycles. The molecule has 1 fully saturated rings. The van der Waals surface area contributed by atoms with Gasteiger partial charge >= 0.3 is 0 Å². The molecule has 1 heterocycles. The van der Waals surface area contributed by atoms with Gasteiger partial charge in [-0.3, -0.25) is 0 Å². The van der Waals surface area contributed by atoms with Gasteiger partial charge < -0.3 is 5.32 Å². The lowest BCUT2D eigenvalue weighted by atomic mass is 10.3. The standard InChI is InChI=1S/C10H11Cl2FN2O2S/c11-7-1-2-8(9(12)10(7)13)18(16,17)15-6-3-4-14-5-6/h1-2,6,14-15H,3-5H2/t6-/m0/s1. The fourth-order valence-electron chi connectivity index (χ4n) is 1.75. The third-order valence-electron chi connectivity index (χ3n) is 2.67. The average Bonchev–Trinajstić information content (AvgIpc) is 2.77. The smallest absolute Gasteiger partial charge is 0.242 e. The van der Waals surface area contributed by atoms with E-state index in [1.54, 1.807) is 0 Å². The Labute approximate surface area is 115 Å². The van der Waals surface area contributed by atoms with Gasteiger partial charge in [-0.25, -0.2) is 17.5 Å². The van der Waals surface area contributed by atoms with Crippen LogP contribution in [0.1, 0.15) is 6.42 Å². The molecule has 0 saturated carbocycles. The van der Waals surface area contributed by atoms with Gasteiger partial charge in [0.25, 0.3) is 0 Å². The van der Waals surface area contributed by atoms with E-state index in [2.05, 4.69) is 10.0 Å². The van der Waals surface area contributed by atoms with E-state index < -0.39 is 20.9 Å². The molecule has 8 heteroatoms. The molecular weight excluding hydrogens is 302 g/mol. The molecule has 4 nitrogen and oxygen atoms in total. The summed E-state index contributed by atoms with van der Waals surface area (Å²) >= 11 is 11.2. The van der Waals surface area contributed by atoms with Crippen LogP contribution in [0.15, 0.2) is 17.0 Å². The first kappa shape index (κ1) is 14.0. The molecule has 1 saturated heterocycles. The van der Waals surface area contributed by atoms with Crippen LogP contribution >= 0.6 is 23.2 Å². The van der Waals surface area contributed by atoms with Gasteiger partial charge in [-0.1, -0.05) is 23.2 Å². The van der Waals surface area contributed by atoms with Crippen molar-refractivity contribution < 1.29 is 12.8 Å². The number of halogens is 3. The van der Waals surface area contributed by atoms with Crippen molar-refractivity contribution in [3.8, 4) is 0 Å². The first-order valence-corrected chi connectivity index (χ1v) is 7.52. The molecule has 1 atom stereocenters. The predicted molar refractivity (Wildman–Crippen MR) is 68.0 cm³/mol. The molecular formula is C10H11Cl2FN2O2S. The normalized spacial score (nSPS) is 20.3. The molecule has 2 N–H and O–H groups in total. The van der Waals surface area contributed by atoms with Crippen LogP contribution in [-0.2, 0) is 10.0 Å². The average molecular weight is 313 g/mol. The van der Waals surface area contributed by atoms with Gasteiger partial charge in [0.1, 0.15) is 4.90 Å². The molecule has 1 aliphatic rings. The number of sulfonamides is 1. The highest BCUT2D eigenvalue weighted by Crippen LogP contribution is 2.29. The second-order valence-corrected chi connectivity index (χ2v) is 6.45. The molecule has 0 spiro atoms. The van der Waals surface area contributed by atoms with E-state index in [9.17, 15) is 12.8 Å². The van der Waals surface area contributed by atoms with Crippen molar-refractivity contribution in [2.75, 3.05) is 13.1 Å². The molecule has 100 valence electrons. The number of rotatable bonds is 3. The van der Waals surface area contributed by atoms with Crippen LogP contribution in [0.2, 0.25) is 10.0 Å². The van der Waals surface area contributed by atoms with Gasteiger partial charge in [0.15, 0.2) is 5.82 Å². The minimum absolute atomic E-state index is 0.204. The molecule has 0 aliphatic carbocycles. The van der Waals surface area contributed by atoms with Gasteiger partial charge in [0, 0.05) is 12.6 Å². The fourth-order valence-corrected chi connectivity index (χ4v) is 3.77. The summed E-state index contributed by atoms with van der Waals surface area (Å²) < 4.78 is 40.0. The van der Waals surface area contributed by atoms with E-state index in [0.717, 1.165) is 6.54 Å². The summed E-state index contributed by atoms with van der Waals surface area (Å²) in [5.74, 6) is -0.925. The molecule has 0 aromatic heterocycles. The summed E-state index contributed by atoms with van der Waals surface area (Å²) in [4.78, 5) is -0.294. The van der Waals surface area contributed by atoms with Crippen LogP contribution in [-0.4, -0.2) is 27.5 Å². The zero-order chi connectivity index (χ0) is 13.3. The maximum Gasteiger partial charge on any atom is 0.242 e. The Morgan fingerprint density at radius 2 is 2.11 bits per heavy atom. The third-order valence-corrected chi connectivity index (χ3v) is 5.01. The lowest BCUT2D eigenvalue weighted by Gasteiger charge is -2.13. The summed E-state index contributed by atoms with van der Waals surface area (Å²) in [7, 11) is -3.83. The van der Waals surface area contributed by atoms with Crippen molar-refractivity contribution in [1.82, 2.24) is 10.0 Å². The summed E-state index contributed by atoms with van der Waals surface area (Å²) in [6.07, 6.45) is 0.687. The van der Waals surface area contributed by atoms with E-state index in [4.69, 9.17) is 23.2 Å². The second kappa shape index (κ2) is 5.30. The fraction of sp³-hybridized carbons (Fsp3) is 0.400. The maximum atomic E-state index is 13.5. The first-order chi connectivity index (χ1) is 8.42. The van der Waals surface area contributed by atoms with E-state index in [-0.39, 0.29) is 16.0 Å². The highest BCUT2D eigenvalue weighted by atomic mass is 35.5. The summed E-state index contributed by atoms with van der Waals surface area (Å²) in [6.45, 7) is 1.29. The lowest BCUT2D eigenvalue weighted by molar-refractivity contribution is 0.558. The number of nitrogens with one attached hydrogen (secondary N) is 2. The largest absolute Gasteiger partial charge is 0.315 e. The number of benzene rings is 1. The van der Waals surface area contributed by atoms with E-state index in [1.165, 1.54) is 12.1 Å². The van der Waals surface area contributed by atoms with Gasteiger partial charge in [0.05, 0.1) is 10.0 Å². The van der Waals surface area contributed by atoms with E-state index >= 15 is 0 Å². The Bertz CT molecular complexity index is 559. The Balaban J connectivity index is 2.32. The summed E-state index contributed by atoms with van der Waals surface area (Å²) in [6, 6.07) is 2.16. The molecule has 18 heavy (non-hydrogen) atoms. The zero-order valence-electron chi connectivity index (χ0n) is 9.21. The van der Waals surface area contributed by atoms with Crippen molar-refractivity contribution in [2.24, 2.45) is 0 Å². The summed E-state index contributed by atoms with van der Waals surface area (Å²) in [5.41, 5.74) is 0. The Kier molecular flexibility index (Phi) is 4.13. The van der Waals surface area contributed by atoms with Crippen molar-refractivity contribution in [2.45, 2.75) is 17.4 Å². The second-order valence-electron chi connectivity index (χ2n) is 3.98. The molecule has 2 rings (SSSR count). The monoisotopic (exact) mass is 312 g/mol. The Morgan fingerprint density at radius 3 is 2.72 bits per heavy atom. The van der Waals surface area contributed by atoms with Crippen molar-refractivity contribution in [3.05, 3.63) is 28.0 Å². The van der Waals surface area contributed by atoms with Crippen LogP contribution in [0, 0.1) is 5.82 Å². The van der Waals surface area contributed by atoms with Crippen LogP contribution in [0.5, 0.6) is 0 Å². The van der Waals surface area contributed by atoms with Gasteiger partial charge in [0.2, 0.25) is 10.0 Å². The highest BCUT2D eigenvalue weighted by molar-refractivity contribution is 7.89. The van der Waals surface area contributed by atoms with Crippen LogP contribution < -0.4 is 10.0 Å². The topological polar surface area (TPSA) is 58.2 Å². The maximum absolute atomic E-state index is 13.5. The molecule has 0 unspecified atom stereocenters. The minimum atomic E-state index is -3.83. The minimum Gasteiger partial charge on any atom is -0.315 e. The van der Waals surface area contributed by atoms with E-state index in [0.29, 0.717) is 13.0 Å². The van der Waals surface area contributed by atoms with Crippen molar-refractivity contribution in [1.29, 1.82) is 0 Å². The SMILES string of the molecule is O=S(=O)(N[C@H]1CCNC1)c1ccc(Cl)c(F)c1Cl. The molecule has 0 amide bonds. The number of hydrogen-bond acceptors (Lipinski definition) is 3. The van der Waals surface area contributed by atoms with Crippen LogP contribution in [0.4, 0.5) is 4.39 Å². The Morgan fingerprint density at radius 1 is 1.39 bits per heavy atom. The Hall–Kier alpha value is -0.400. The molecule has 1 aliphatic heterocycles. The van der Waals surface area contributed by atoms with Crippen molar-refractivity contribution in [3.63, 3.8) is 0 Å². The van der Waals surface area contributed by atoms with Gasteiger partial charge in [-0.2, -0.15) is 0 Å². The molecule has 0 radical (unpaired) electrons. The lowest BCUT2D eigenvalue weighted by Crippen LogP contribution is -2.36. The molecule has 1 aromatic rings. The molecule has 0 bridgehead atoms. The predicted octanol–water partition coefficient (Wildman–Crippen LogP) is 1.77. The van der Waals surface area contributed by atoms with Gasteiger partial charge in [-0.15, -0.1) is 0 Å². The van der Waals surface area contributed by atoms with Crippen LogP contribution in [0.25, 0.3) is 0 Å². The first-order valence-electron chi connectivity index (χ1n) is 5.28. The number of hydrogen-bond donors (Lipinski definition) is 2. The van der Waals surface area contributed by atoms with Gasteiger partial charge in [-0.05, 0) is 25.1 Å². The van der Waals surface area contributed by atoms with Crippen molar-refractivity contribution >= 4 is 33.2 Å². The quantitative estimate of drug-likeness (QED) is 0.836. The van der Waals surface area contributed by atoms with Crippen LogP contribution in [0.3, 0.4) is 0 Å². The highest BCUT2D eigenvalue weighted by Gasteiger charge is 2.26.